The summed E-state index contributed by atoms with van der Waals surface area (Å²) < 4.78 is 0. The minimum atomic E-state index is -1.61. The number of rotatable bonds is 8. The van der Waals surface area contributed by atoms with Crippen LogP contribution >= 0.6 is 0 Å². The molecule has 0 aliphatic rings. The van der Waals surface area contributed by atoms with Crippen LogP contribution in [0.4, 0.5) is 0 Å². The Kier molecular flexibility index (Phi) is 6.93. The molecule has 1 amide bonds. The van der Waals surface area contributed by atoms with E-state index in [2.05, 4.69) is 10.3 Å². The number of carbonyl (C=O) groups excluding carboxylic acids is 1. The van der Waals surface area contributed by atoms with Crippen molar-refractivity contribution in [2.75, 3.05) is 6.54 Å². The molecule has 0 aliphatic heterocycles. The highest BCUT2D eigenvalue weighted by Crippen LogP contribution is 2.16. The molecule has 1 aromatic heterocycles. The highest BCUT2D eigenvalue weighted by molar-refractivity contribution is 6.43. The maximum atomic E-state index is 12.2. The lowest BCUT2D eigenvalue weighted by atomic mass is 9.76. The number of nitrogens with one attached hydrogen (secondary N) is 1. The van der Waals surface area contributed by atoms with Crippen molar-refractivity contribution in [1.29, 1.82) is 0 Å². The third-order valence-corrected chi connectivity index (χ3v) is 3.74. The molecular formula is C17H22BN3O3. The van der Waals surface area contributed by atoms with Gasteiger partial charge in [-0.15, -0.1) is 0 Å². The molecule has 1 heterocycles. The summed E-state index contributed by atoms with van der Waals surface area (Å²) in [7, 11) is -1.61. The van der Waals surface area contributed by atoms with Crippen LogP contribution in [0.15, 0.2) is 48.7 Å². The zero-order valence-electron chi connectivity index (χ0n) is 13.4. The molecule has 0 radical (unpaired) electrons. The van der Waals surface area contributed by atoms with Gasteiger partial charge < -0.3 is 21.1 Å². The number of pyridine rings is 1. The third kappa shape index (κ3) is 5.16. The lowest BCUT2D eigenvalue weighted by molar-refractivity contribution is 0.0939. The Morgan fingerprint density at radius 1 is 1.17 bits per heavy atom. The van der Waals surface area contributed by atoms with Gasteiger partial charge in [0.25, 0.3) is 5.91 Å². The fourth-order valence-electron chi connectivity index (χ4n) is 2.36. The maximum absolute atomic E-state index is 12.2. The monoisotopic (exact) mass is 327 g/mol. The van der Waals surface area contributed by atoms with Crippen molar-refractivity contribution < 1.29 is 14.8 Å². The number of hydrogen-bond acceptors (Lipinski definition) is 5. The third-order valence-electron chi connectivity index (χ3n) is 3.74. The standard InChI is InChI=1S/C17H22BN3O3/c19-11-5-4-8-16(18(23)24)21-17(22)14-9-10-15(20-12-14)13-6-2-1-3-7-13/h1-3,6-7,9-10,12,16,23-24H,4-5,8,11,19H2,(H,21,22). The van der Waals surface area contributed by atoms with Crippen LogP contribution in [0, 0.1) is 0 Å². The Morgan fingerprint density at radius 2 is 1.92 bits per heavy atom. The summed E-state index contributed by atoms with van der Waals surface area (Å²) in [5, 5.41) is 21.4. The van der Waals surface area contributed by atoms with Crippen molar-refractivity contribution in [3.63, 3.8) is 0 Å². The quantitative estimate of drug-likeness (QED) is 0.427. The van der Waals surface area contributed by atoms with E-state index in [9.17, 15) is 14.8 Å². The predicted octanol–water partition coefficient (Wildman–Crippen LogP) is 0.988. The molecule has 0 spiro atoms. The van der Waals surface area contributed by atoms with Crippen molar-refractivity contribution in [3.05, 3.63) is 54.2 Å². The van der Waals surface area contributed by atoms with Gasteiger partial charge in [0, 0.05) is 11.8 Å². The Hall–Kier alpha value is -2.22. The molecular weight excluding hydrogens is 305 g/mol. The number of unbranched alkanes of at least 4 members (excludes halogenated alkanes) is 1. The van der Waals surface area contributed by atoms with E-state index in [4.69, 9.17) is 5.73 Å². The van der Waals surface area contributed by atoms with Gasteiger partial charge in [-0.25, -0.2) is 0 Å². The second kappa shape index (κ2) is 9.17. The van der Waals surface area contributed by atoms with Crippen LogP contribution in [-0.2, 0) is 0 Å². The van der Waals surface area contributed by atoms with Gasteiger partial charge >= 0.3 is 7.12 Å². The fourth-order valence-corrected chi connectivity index (χ4v) is 2.36. The van der Waals surface area contributed by atoms with E-state index >= 15 is 0 Å². The Balaban J connectivity index is 2.01. The molecule has 2 aromatic rings. The molecule has 126 valence electrons. The molecule has 0 saturated heterocycles. The number of benzene rings is 1. The average molecular weight is 327 g/mol. The van der Waals surface area contributed by atoms with Gasteiger partial charge in [-0.1, -0.05) is 36.8 Å². The number of nitrogens with zero attached hydrogens (tertiary/aromatic N) is 1. The van der Waals surface area contributed by atoms with E-state index < -0.39 is 13.1 Å². The zero-order chi connectivity index (χ0) is 17.4. The lowest BCUT2D eigenvalue weighted by Crippen LogP contribution is -2.46. The number of carbonyl (C=O) groups is 1. The van der Waals surface area contributed by atoms with E-state index in [0.717, 1.165) is 17.7 Å². The van der Waals surface area contributed by atoms with Crippen molar-refractivity contribution in [2.45, 2.75) is 25.2 Å². The molecule has 0 bridgehead atoms. The summed E-state index contributed by atoms with van der Waals surface area (Å²) in [4.78, 5) is 16.5. The van der Waals surface area contributed by atoms with Crippen LogP contribution < -0.4 is 11.1 Å². The van der Waals surface area contributed by atoms with Gasteiger partial charge in [0.15, 0.2) is 0 Å². The molecule has 1 aromatic carbocycles. The van der Waals surface area contributed by atoms with Crippen molar-refractivity contribution in [1.82, 2.24) is 10.3 Å². The fraction of sp³-hybridized carbons (Fsp3) is 0.294. The van der Waals surface area contributed by atoms with Crippen molar-refractivity contribution in [3.8, 4) is 11.3 Å². The number of amides is 1. The minimum Gasteiger partial charge on any atom is -0.426 e. The Bertz CT molecular complexity index is 635. The Labute approximate surface area is 141 Å². The molecule has 24 heavy (non-hydrogen) atoms. The van der Waals surface area contributed by atoms with Gasteiger partial charge in [0.05, 0.1) is 17.2 Å². The largest absolute Gasteiger partial charge is 0.475 e. The molecule has 1 unspecified atom stereocenters. The SMILES string of the molecule is NCCCCC(NC(=O)c1ccc(-c2ccccc2)nc1)B(O)O. The minimum absolute atomic E-state index is 0.374. The summed E-state index contributed by atoms with van der Waals surface area (Å²) in [6.45, 7) is 0.535. The van der Waals surface area contributed by atoms with E-state index in [-0.39, 0.29) is 5.91 Å². The van der Waals surface area contributed by atoms with Crippen LogP contribution in [0.25, 0.3) is 11.3 Å². The summed E-state index contributed by atoms with van der Waals surface area (Å²) in [6, 6.07) is 13.1. The molecule has 5 N–H and O–H groups in total. The molecule has 2 rings (SSSR count). The summed E-state index contributed by atoms with van der Waals surface area (Å²) in [5.74, 6) is -1.11. The van der Waals surface area contributed by atoms with Crippen LogP contribution in [0.3, 0.4) is 0 Å². The summed E-state index contributed by atoms with van der Waals surface area (Å²) in [5.41, 5.74) is 7.54. The van der Waals surface area contributed by atoms with Crippen LogP contribution in [0.1, 0.15) is 29.6 Å². The predicted molar refractivity (Wildman–Crippen MR) is 94.0 cm³/mol. The number of hydrogen-bond donors (Lipinski definition) is 4. The second-order valence-electron chi connectivity index (χ2n) is 5.58. The van der Waals surface area contributed by atoms with Gasteiger partial charge in [0.2, 0.25) is 0 Å². The van der Waals surface area contributed by atoms with E-state index in [1.807, 2.05) is 30.3 Å². The number of aromatic nitrogens is 1. The maximum Gasteiger partial charge on any atom is 0.475 e. The van der Waals surface area contributed by atoms with Crippen molar-refractivity contribution in [2.24, 2.45) is 5.73 Å². The van der Waals surface area contributed by atoms with Crippen molar-refractivity contribution >= 4 is 13.0 Å². The molecule has 0 aliphatic carbocycles. The first-order valence-electron chi connectivity index (χ1n) is 8.00. The zero-order valence-corrected chi connectivity index (χ0v) is 13.4. The normalized spacial score (nSPS) is 11.8. The van der Waals surface area contributed by atoms with E-state index in [1.165, 1.54) is 6.20 Å². The molecule has 0 saturated carbocycles. The topological polar surface area (TPSA) is 108 Å². The first kappa shape index (κ1) is 18.1. The van der Waals surface area contributed by atoms with E-state index in [0.29, 0.717) is 24.9 Å². The number of nitrogens with two attached hydrogens (primary N) is 1. The van der Waals surface area contributed by atoms with Crippen LogP contribution in [0.2, 0.25) is 0 Å². The summed E-state index contributed by atoms with van der Waals surface area (Å²) >= 11 is 0. The smallest absolute Gasteiger partial charge is 0.426 e. The van der Waals surface area contributed by atoms with Gasteiger partial charge in [-0.2, -0.15) is 0 Å². The molecule has 6 nitrogen and oxygen atoms in total. The van der Waals surface area contributed by atoms with Gasteiger partial charge in [-0.3, -0.25) is 9.78 Å². The average Bonchev–Trinajstić information content (AvgIpc) is 2.61. The van der Waals surface area contributed by atoms with Gasteiger partial charge in [-0.05, 0) is 31.5 Å². The molecule has 1 atom stereocenters. The highest BCUT2D eigenvalue weighted by atomic mass is 16.4. The first-order valence-corrected chi connectivity index (χ1v) is 8.00. The van der Waals surface area contributed by atoms with Gasteiger partial charge in [0.1, 0.15) is 0 Å². The molecule has 0 fully saturated rings. The lowest BCUT2D eigenvalue weighted by Gasteiger charge is -2.17. The van der Waals surface area contributed by atoms with Crippen LogP contribution in [-0.4, -0.2) is 40.5 Å². The highest BCUT2D eigenvalue weighted by Gasteiger charge is 2.25. The van der Waals surface area contributed by atoms with Crippen LogP contribution in [0.5, 0.6) is 0 Å². The first-order chi connectivity index (χ1) is 11.6. The second-order valence-corrected chi connectivity index (χ2v) is 5.58. The molecule has 7 heteroatoms. The summed E-state index contributed by atoms with van der Waals surface area (Å²) in [6.07, 6.45) is 3.42. The van der Waals surface area contributed by atoms with E-state index in [1.54, 1.807) is 12.1 Å². The Morgan fingerprint density at radius 3 is 2.50 bits per heavy atom.